The summed E-state index contributed by atoms with van der Waals surface area (Å²) in [5, 5.41) is 5.66. The van der Waals surface area contributed by atoms with Crippen LogP contribution >= 0.6 is 0 Å². The maximum Gasteiger partial charge on any atom is 0.274 e. The Morgan fingerprint density at radius 2 is 2.30 bits per heavy atom. The number of aromatic amines is 1. The van der Waals surface area contributed by atoms with Gasteiger partial charge in [-0.2, -0.15) is 9.50 Å². The van der Waals surface area contributed by atoms with E-state index in [0.717, 1.165) is 0 Å². The Morgan fingerprint density at radius 1 is 1.52 bits per heavy atom. The fraction of sp³-hybridized carbons (Fsp3) is 0.571. The lowest BCUT2D eigenvalue weighted by Crippen LogP contribution is -2.43. The number of H-pyrrole nitrogens is 1. The summed E-state index contributed by atoms with van der Waals surface area (Å²) in [6.45, 7) is 5.22. The summed E-state index contributed by atoms with van der Waals surface area (Å²) in [6.07, 6.45) is 0.606. The number of carbonyl (C=O) groups is 1. The Bertz CT molecular complexity index is 781. The number of rotatable bonds is 4. The zero-order chi connectivity index (χ0) is 16.6. The number of carbonyl (C=O) groups excluding carboxylic acids is 1. The Labute approximate surface area is 132 Å². The maximum absolute atomic E-state index is 12.2. The van der Waals surface area contributed by atoms with Crippen molar-refractivity contribution in [2.75, 3.05) is 13.1 Å². The Morgan fingerprint density at radius 3 is 3.04 bits per heavy atom. The average Bonchev–Trinajstić information content (AvgIpc) is 3.02. The molecular weight excluding hydrogens is 298 g/mol. The standard InChI is InChI=1S/C14H21N7O2/c1-3-16-13(23)11-4-9(15)6-20(11)7-10-5-12(22)21-14(18-10)17-8(2)19-21/h5,9,11H,3-4,6-7,15H2,1-2H3,(H,16,23)(H,17,18,19)/t9-,11+/m1/s1. The third-order valence-electron chi connectivity index (χ3n) is 3.95. The molecule has 23 heavy (non-hydrogen) atoms. The van der Waals surface area contributed by atoms with Crippen molar-refractivity contribution in [2.24, 2.45) is 5.73 Å². The first kappa shape index (κ1) is 15.6. The molecule has 0 aliphatic carbocycles. The van der Waals surface area contributed by atoms with Gasteiger partial charge in [-0.05, 0) is 20.3 Å². The third-order valence-corrected chi connectivity index (χ3v) is 3.95. The molecule has 3 heterocycles. The predicted molar refractivity (Wildman–Crippen MR) is 83.8 cm³/mol. The largest absolute Gasteiger partial charge is 0.355 e. The molecule has 1 saturated heterocycles. The number of nitrogens with zero attached hydrogens (tertiary/aromatic N) is 4. The van der Waals surface area contributed by atoms with Gasteiger partial charge in [0.2, 0.25) is 5.91 Å². The molecule has 1 aliphatic heterocycles. The highest BCUT2D eigenvalue weighted by atomic mass is 16.2. The molecule has 4 N–H and O–H groups in total. The lowest BCUT2D eigenvalue weighted by Gasteiger charge is -2.22. The fourth-order valence-corrected chi connectivity index (χ4v) is 3.00. The number of aromatic nitrogens is 4. The lowest BCUT2D eigenvalue weighted by molar-refractivity contribution is -0.125. The van der Waals surface area contributed by atoms with E-state index in [4.69, 9.17) is 5.73 Å². The van der Waals surface area contributed by atoms with Gasteiger partial charge in [0.25, 0.3) is 11.3 Å². The van der Waals surface area contributed by atoms with Gasteiger partial charge in [-0.3, -0.25) is 19.6 Å². The first-order valence-corrected chi connectivity index (χ1v) is 7.70. The number of amides is 1. The van der Waals surface area contributed by atoms with Gasteiger partial charge in [0.1, 0.15) is 5.82 Å². The van der Waals surface area contributed by atoms with Crippen molar-refractivity contribution >= 4 is 11.7 Å². The second-order valence-corrected chi connectivity index (χ2v) is 5.87. The van der Waals surface area contributed by atoms with Crippen LogP contribution in [-0.2, 0) is 11.3 Å². The van der Waals surface area contributed by atoms with Gasteiger partial charge in [0.15, 0.2) is 0 Å². The molecule has 0 bridgehead atoms. The van der Waals surface area contributed by atoms with Crippen LogP contribution in [0.15, 0.2) is 10.9 Å². The average molecular weight is 319 g/mol. The SMILES string of the molecule is CCNC(=O)[C@@H]1C[C@@H](N)CN1Cc1cc(=O)n2[nH]c(C)nc2n1. The molecule has 0 spiro atoms. The first-order chi connectivity index (χ1) is 11.0. The van der Waals surface area contributed by atoms with Crippen LogP contribution in [0.25, 0.3) is 5.78 Å². The molecule has 1 aliphatic rings. The lowest BCUT2D eigenvalue weighted by atomic mass is 10.1. The summed E-state index contributed by atoms with van der Waals surface area (Å²) in [4.78, 5) is 34.8. The molecular formula is C14H21N7O2. The normalized spacial score (nSPS) is 21.9. The molecule has 2 aromatic heterocycles. The molecule has 0 aromatic carbocycles. The predicted octanol–water partition coefficient (Wildman–Crippen LogP) is -1.24. The van der Waals surface area contributed by atoms with Crippen LogP contribution in [0.2, 0.25) is 0 Å². The second-order valence-electron chi connectivity index (χ2n) is 5.87. The molecule has 0 unspecified atom stereocenters. The Hall–Kier alpha value is -2.26. The van der Waals surface area contributed by atoms with Gasteiger partial charge in [-0.15, -0.1) is 0 Å². The Kier molecular flexibility index (Phi) is 4.14. The maximum atomic E-state index is 12.2. The molecule has 2 atom stereocenters. The molecule has 9 nitrogen and oxygen atoms in total. The van der Waals surface area contributed by atoms with E-state index in [2.05, 4.69) is 20.4 Å². The van der Waals surface area contributed by atoms with Crippen LogP contribution in [0.5, 0.6) is 0 Å². The third kappa shape index (κ3) is 3.10. The number of aryl methyl sites for hydroxylation is 1. The summed E-state index contributed by atoms with van der Waals surface area (Å²) in [6, 6.07) is 1.12. The summed E-state index contributed by atoms with van der Waals surface area (Å²) < 4.78 is 1.30. The van der Waals surface area contributed by atoms with Gasteiger partial charge in [0, 0.05) is 31.7 Å². The van der Waals surface area contributed by atoms with E-state index in [0.29, 0.717) is 43.4 Å². The smallest absolute Gasteiger partial charge is 0.274 e. The van der Waals surface area contributed by atoms with Crippen molar-refractivity contribution in [1.29, 1.82) is 0 Å². The molecule has 124 valence electrons. The minimum Gasteiger partial charge on any atom is -0.355 e. The van der Waals surface area contributed by atoms with Gasteiger partial charge in [-0.25, -0.2) is 4.98 Å². The van der Waals surface area contributed by atoms with E-state index in [1.807, 2.05) is 11.8 Å². The van der Waals surface area contributed by atoms with Crippen LogP contribution in [0, 0.1) is 6.92 Å². The summed E-state index contributed by atoms with van der Waals surface area (Å²) >= 11 is 0. The number of likely N-dealkylation sites (tertiary alicyclic amines) is 1. The molecule has 0 saturated carbocycles. The molecule has 9 heteroatoms. The molecule has 1 fully saturated rings. The molecule has 3 rings (SSSR count). The van der Waals surface area contributed by atoms with Gasteiger partial charge >= 0.3 is 0 Å². The topological polar surface area (TPSA) is 121 Å². The van der Waals surface area contributed by atoms with Gasteiger partial charge in [-0.1, -0.05) is 0 Å². The molecule has 1 amide bonds. The van der Waals surface area contributed by atoms with Crippen molar-refractivity contribution in [2.45, 2.75) is 38.9 Å². The number of fused-ring (bicyclic) bond motifs is 1. The van der Waals surface area contributed by atoms with E-state index < -0.39 is 0 Å². The number of hydrogen-bond acceptors (Lipinski definition) is 6. The Balaban J connectivity index is 1.85. The van der Waals surface area contributed by atoms with Crippen molar-refractivity contribution in [1.82, 2.24) is 29.8 Å². The van der Waals surface area contributed by atoms with Crippen molar-refractivity contribution in [3.8, 4) is 0 Å². The van der Waals surface area contributed by atoms with E-state index >= 15 is 0 Å². The van der Waals surface area contributed by atoms with E-state index in [9.17, 15) is 9.59 Å². The van der Waals surface area contributed by atoms with E-state index in [-0.39, 0.29) is 23.6 Å². The van der Waals surface area contributed by atoms with Gasteiger partial charge in [0.05, 0.1) is 11.7 Å². The molecule has 2 aromatic rings. The number of hydrogen-bond donors (Lipinski definition) is 3. The minimum absolute atomic E-state index is 0.0335. The zero-order valence-corrected chi connectivity index (χ0v) is 13.2. The first-order valence-electron chi connectivity index (χ1n) is 7.70. The van der Waals surface area contributed by atoms with Crippen molar-refractivity contribution in [3.05, 3.63) is 27.9 Å². The highest BCUT2D eigenvalue weighted by Gasteiger charge is 2.35. The fourth-order valence-electron chi connectivity index (χ4n) is 3.00. The number of nitrogens with one attached hydrogen (secondary N) is 2. The van der Waals surface area contributed by atoms with Crippen LogP contribution in [0.4, 0.5) is 0 Å². The van der Waals surface area contributed by atoms with Crippen molar-refractivity contribution < 1.29 is 4.79 Å². The monoisotopic (exact) mass is 319 g/mol. The van der Waals surface area contributed by atoms with E-state index in [1.165, 1.54) is 10.6 Å². The minimum atomic E-state index is -0.286. The summed E-state index contributed by atoms with van der Waals surface area (Å²) in [5.41, 5.74) is 6.37. The second kappa shape index (κ2) is 6.09. The van der Waals surface area contributed by atoms with Gasteiger partial charge < -0.3 is 11.1 Å². The zero-order valence-electron chi connectivity index (χ0n) is 13.2. The summed E-state index contributed by atoms with van der Waals surface area (Å²) in [5.74, 6) is 0.923. The number of nitrogens with two attached hydrogens (primary N) is 1. The highest BCUT2D eigenvalue weighted by molar-refractivity contribution is 5.82. The number of likely N-dealkylation sites (N-methyl/N-ethyl adjacent to an activating group) is 1. The van der Waals surface area contributed by atoms with Crippen LogP contribution in [-0.4, -0.2) is 55.6 Å². The highest BCUT2D eigenvalue weighted by Crippen LogP contribution is 2.19. The van der Waals surface area contributed by atoms with Crippen LogP contribution in [0.3, 0.4) is 0 Å². The molecule has 0 radical (unpaired) electrons. The quantitative estimate of drug-likeness (QED) is 0.648. The summed E-state index contributed by atoms with van der Waals surface area (Å²) in [7, 11) is 0. The van der Waals surface area contributed by atoms with Crippen LogP contribution < -0.4 is 16.6 Å². The van der Waals surface area contributed by atoms with Crippen LogP contribution in [0.1, 0.15) is 24.9 Å². The van der Waals surface area contributed by atoms with Crippen molar-refractivity contribution in [3.63, 3.8) is 0 Å². The van der Waals surface area contributed by atoms with E-state index in [1.54, 1.807) is 6.92 Å².